The monoisotopic (exact) mass is 341 g/mol. The molecule has 0 aromatic carbocycles. The molecule has 3 N–H and O–H groups in total. The van der Waals surface area contributed by atoms with E-state index >= 15 is 0 Å². The minimum absolute atomic E-state index is 0.0814. The molecule has 0 saturated heterocycles. The van der Waals surface area contributed by atoms with E-state index in [2.05, 4.69) is 25.7 Å². The van der Waals surface area contributed by atoms with Crippen LogP contribution in [0.15, 0.2) is 0 Å². The quantitative estimate of drug-likeness (QED) is 0.730. The van der Waals surface area contributed by atoms with Crippen LogP contribution in [-0.4, -0.2) is 26.3 Å². The molecular weight excluding hydrogens is 314 g/mol. The lowest BCUT2D eigenvalue weighted by Crippen LogP contribution is -2.24. The van der Waals surface area contributed by atoms with E-state index in [4.69, 9.17) is 0 Å². The zero-order valence-electron chi connectivity index (χ0n) is 14.8. The molecule has 0 spiro atoms. The number of carbonyl (C=O) groups is 1. The molecule has 0 fully saturated rings. The van der Waals surface area contributed by atoms with Crippen LogP contribution in [0, 0.1) is 0 Å². The highest BCUT2D eigenvalue weighted by molar-refractivity contribution is 5.76. The highest BCUT2D eigenvalue weighted by atomic mass is 16.1. The summed E-state index contributed by atoms with van der Waals surface area (Å²) >= 11 is 0. The second-order valence-corrected chi connectivity index (χ2v) is 7.30. The number of nitrogens with one attached hydrogen (secondary N) is 3. The number of aromatic nitrogens is 4. The fourth-order valence-corrected chi connectivity index (χ4v) is 4.13. The number of amides is 1. The van der Waals surface area contributed by atoms with E-state index in [1.807, 2.05) is 0 Å². The molecule has 2 aromatic heterocycles. The van der Waals surface area contributed by atoms with Gasteiger partial charge in [-0.15, -0.1) is 0 Å². The lowest BCUT2D eigenvalue weighted by molar-refractivity contribution is -0.121. The molecule has 6 heteroatoms. The predicted octanol–water partition coefficient (Wildman–Crippen LogP) is 2.53. The number of aromatic amines is 2. The third-order valence-corrected chi connectivity index (χ3v) is 5.58. The first-order chi connectivity index (χ1) is 12.3. The fourth-order valence-electron chi connectivity index (χ4n) is 4.13. The minimum Gasteiger partial charge on any atom is -0.350 e. The van der Waals surface area contributed by atoms with Gasteiger partial charge < -0.3 is 5.32 Å². The van der Waals surface area contributed by atoms with Gasteiger partial charge in [-0.2, -0.15) is 10.2 Å². The van der Waals surface area contributed by atoms with Crippen LogP contribution in [0.25, 0.3) is 0 Å². The fraction of sp³-hybridized carbons (Fsp3) is 0.632. The van der Waals surface area contributed by atoms with Crippen LogP contribution in [0.2, 0.25) is 0 Å². The molecule has 0 saturated carbocycles. The van der Waals surface area contributed by atoms with Gasteiger partial charge >= 0.3 is 0 Å². The molecule has 25 heavy (non-hydrogen) atoms. The average Bonchev–Trinajstić information content (AvgIpc) is 3.14. The van der Waals surface area contributed by atoms with Crippen LogP contribution in [0.3, 0.4) is 0 Å². The van der Waals surface area contributed by atoms with Crippen molar-refractivity contribution in [2.24, 2.45) is 0 Å². The van der Waals surface area contributed by atoms with Crippen LogP contribution >= 0.6 is 0 Å². The number of hydrogen-bond acceptors (Lipinski definition) is 3. The van der Waals surface area contributed by atoms with Crippen molar-refractivity contribution in [3.8, 4) is 0 Å². The molecule has 2 aliphatic carbocycles. The number of rotatable bonds is 5. The zero-order valence-corrected chi connectivity index (χ0v) is 14.8. The summed E-state index contributed by atoms with van der Waals surface area (Å²) in [5.41, 5.74) is 7.34. The normalized spacial score (nSPS) is 16.8. The van der Waals surface area contributed by atoms with E-state index in [-0.39, 0.29) is 5.91 Å². The Kier molecular flexibility index (Phi) is 4.85. The molecule has 2 heterocycles. The van der Waals surface area contributed by atoms with Crippen LogP contribution in [0.1, 0.15) is 72.4 Å². The zero-order chi connectivity index (χ0) is 17.1. The molecule has 0 bridgehead atoms. The number of carbonyl (C=O) groups excluding carboxylic acids is 1. The molecule has 0 aliphatic heterocycles. The summed E-state index contributed by atoms with van der Waals surface area (Å²) in [6, 6.07) is 0. The SMILES string of the molecule is O=C(CCc1n[nH]c2c1CCCC2)NCc1n[nH]c2c1CCCCC2. The molecule has 4 rings (SSSR count). The van der Waals surface area contributed by atoms with Gasteiger partial charge in [0.2, 0.25) is 5.91 Å². The van der Waals surface area contributed by atoms with Crippen LogP contribution < -0.4 is 5.32 Å². The van der Waals surface area contributed by atoms with E-state index in [0.29, 0.717) is 13.0 Å². The Morgan fingerprint density at radius 1 is 0.840 bits per heavy atom. The predicted molar refractivity (Wildman–Crippen MR) is 95.2 cm³/mol. The number of hydrogen-bond donors (Lipinski definition) is 3. The lowest BCUT2D eigenvalue weighted by atomic mass is 9.94. The summed E-state index contributed by atoms with van der Waals surface area (Å²) in [7, 11) is 0. The van der Waals surface area contributed by atoms with Crippen molar-refractivity contribution in [2.75, 3.05) is 0 Å². The van der Waals surface area contributed by atoms with Crippen molar-refractivity contribution in [3.05, 3.63) is 33.9 Å². The summed E-state index contributed by atoms with van der Waals surface area (Å²) in [6.07, 6.45) is 11.8. The van der Waals surface area contributed by atoms with Crippen molar-refractivity contribution >= 4 is 5.91 Å². The molecule has 0 unspecified atom stereocenters. The largest absolute Gasteiger partial charge is 0.350 e. The molecule has 2 aliphatic rings. The topological polar surface area (TPSA) is 86.5 Å². The summed E-state index contributed by atoms with van der Waals surface area (Å²) in [5.74, 6) is 0.0814. The molecule has 1 amide bonds. The van der Waals surface area contributed by atoms with E-state index in [1.54, 1.807) is 0 Å². The third kappa shape index (κ3) is 3.62. The summed E-state index contributed by atoms with van der Waals surface area (Å²) in [5, 5.41) is 18.2. The summed E-state index contributed by atoms with van der Waals surface area (Å²) in [4.78, 5) is 12.3. The first kappa shape index (κ1) is 16.4. The van der Waals surface area contributed by atoms with Crippen molar-refractivity contribution in [3.63, 3.8) is 0 Å². The standard InChI is InChI=1S/C19H27N5O/c25-19(11-10-17-13-7-4-5-9-15(13)21-23-17)20-12-18-14-6-2-1-3-8-16(14)22-24-18/h1-12H2,(H,20,25)(H,21,23)(H,22,24). The molecule has 0 atom stereocenters. The van der Waals surface area contributed by atoms with E-state index in [1.165, 1.54) is 54.6 Å². The average molecular weight is 341 g/mol. The molecule has 134 valence electrons. The number of H-pyrrole nitrogens is 2. The molecule has 2 aromatic rings. The number of nitrogens with zero attached hydrogens (tertiary/aromatic N) is 2. The van der Waals surface area contributed by atoms with Crippen LogP contribution in [-0.2, 0) is 43.4 Å². The Bertz CT molecular complexity index is 745. The van der Waals surface area contributed by atoms with E-state index in [0.717, 1.165) is 43.5 Å². The maximum absolute atomic E-state index is 12.3. The van der Waals surface area contributed by atoms with Gasteiger partial charge in [-0.3, -0.25) is 15.0 Å². The molecular formula is C19H27N5O. The Balaban J connectivity index is 1.30. The number of fused-ring (bicyclic) bond motifs is 2. The lowest BCUT2D eigenvalue weighted by Gasteiger charge is -2.11. The van der Waals surface area contributed by atoms with Gasteiger partial charge in [-0.05, 0) is 62.5 Å². The Hall–Kier alpha value is -2.11. The van der Waals surface area contributed by atoms with Crippen LogP contribution in [0.5, 0.6) is 0 Å². The van der Waals surface area contributed by atoms with E-state index < -0.39 is 0 Å². The summed E-state index contributed by atoms with van der Waals surface area (Å²) < 4.78 is 0. The maximum atomic E-state index is 12.3. The Labute approximate surface area is 148 Å². The van der Waals surface area contributed by atoms with Crippen LogP contribution in [0.4, 0.5) is 0 Å². The van der Waals surface area contributed by atoms with E-state index in [9.17, 15) is 4.79 Å². The first-order valence-corrected chi connectivity index (χ1v) is 9.68. The number of aryl methyl sites for hydroxylation is 3. The van der Waals surface area contributed by atoms with Gasteiger partial charge in [0, 0.05) is 24.2 Å². The van der Waals surface area contributed by atoms with Gasteiger partial charge in [-0.1, -0.05) is 6.42 Å². The van der Waals surface area contributed by atoms with Gasteiger partial charge in [0.1, 0.15) is 0 Å². The molecule has 6 nitrogen and oxygen atoms in total. The smallest absolute Gasteiger partial charge is 0.220 e. The maximum Gasteiger partial charge on any atom is 0.220 e. The van der Waals surface area contributed by atoms with Crippen molar-refractivity contribution < 1.29 is 4.79 Å². The highest BCUT2D eigenvalue weighted by Gasteiger charge is 2.18. The van der Waals surface area contributed by atoms with Gasteiger partial charge in [0.15, 0.2) is 0 Å². The first-order valence-electron chi connectivity index (χ1n) is 9.68. The minimum atomic E-state index is 0.0814. The second-order valence-electron chi connectivity index (χ2n) is 7.30. The second kappa shape index (κ2) is 7.42. The van der Waals surface area contributed by atoms with Crippen molar-refractivity contribution in [1.29, 1.82) is 0 Å². The molecule has 0 radical (unpaired) electrons. The summed E-state index contributed by atoms with van der Waals surface area (Å²) in [6.45, 7) is 0.531. The third-order valence-electron chi connectivity index (χ3n) is 5.58. The van der Waals surface area contributed by atoms with Gasteiger partial charge in [0.05, 0.1) is 17.9 Å². The van der Waals surface area contributed by atoms with Gasteiger partial charge in [-0.25, -0.2) is 0 Å². The highest BCUT2D eigenvalue weighted by Crippen LogP contribution is 2.23. The van der Waals surface area contributed by atoms with Crippen molar-refractivity contribution in [1.82, 2.24) is 25.7 Å². The van der Waals surface area contributed by atoms with Gasteiger partial charge in [0.25, 0.3) is 0 Å². The Morgan fingerprint density at radius 2 is 1.44 bits per heavy atom. The van der Waals surface area contributed by atoms with Crippen molar-refractivity contribution in [2.45, 2.75) is 77.2 Å². The Morgan fingerprint density at radius 3 is 2.24 bits per heavy atom.